The van der Waals surface area contributed by atoms with Crippen molar-refractivity contribution in [1.29, 1.82) is 0 Å². The van der Waals surface area contributed by atoms with E-state index in [0.29, 0.717) is 0 Å². The van der Waals surface area contributed by atoms with Crippen LogP contribution in [0.4, 0.5) is 18.9 Å². The number of alkyl halides is 3. The molecule has 0 unspecified atom stereocenters. The van der Waals surface area contributed by atoms with Gasteiger partial charge in [0.05, 0.1) is 12.6 Å². The average molecular weight is 177 g/mol. The topological polar surface area (TPSA) is 38.0 Å². The van der Waals surface area contributed by atoms with Crippen LogP contribution < -0.4 is 11.3 Å². The van der Waals surface area contributed by atoms with E-state index >= 15 is 0 Å². The first-order valence-electron chi connectivity index (χ1n) is 3.60. The average Bonchev–Trinajstić information content (AvgIpc) is 2.01. The molecule has 0 aliphatic carbocycles. The van der Waals surface area contributed by atoms with Gasteiger partial charge < -0.3 is 5.43 Å². The summed E-state index contributed by atoms with van der Waals surface area (Å²) in [5.41, 5.74) is 0.567. The molecule has 0 heterocycles. The summed E-state index contributed by atoms with van der Waals surface area (Å²) >= 11 is 0. The first kappa shape index (κ1) is 7.42. The molecular weight excluding hydrogens is 169 g/mol. The number of para-hydroxylation sites is 1. The number of benzene rings is 1. The van der Waals surface area contributed by atoms with Gasteiger partial charge in [-0.1, -0.05) is 12.1 Å². The fourth-order valence-corrected chi connectivity index (χ4v) is 0.792. The molecule has 2 nitrogen and oxygen atoms in total. The Morgan fingerprint density at radius 3 is 2.50 bits per heavy atom. The van der Waals surface area contributed by atoms with E-state index in [2.05, 4.69) is 0 Å². The molecule has 66 valence electrons. The number of hydrazine groups is 1. The standard InChI is InChI=1S/C7H7F3N2/c8-7(9,10)5-3-1-2-4-6(5)12-11/h1-4,12H,11H2/i3D. The molecule has 0 saturated carbocycles. The van der Waals surface area contributed by atoms with Crippen LogP contribution in [-0.2, 0) is 6.18 Å². The van der Waals surface area contributed by atoms with Gasteiger partial charge in [-0.2, -0.15) is 13.2 Å². The van der Waals surface area contributed by atoms with Crippen molar-refractivity contribution in [3.8, 4) is 0 Å². The van der Waals surface area contributed by atoms with Crippen molar-refractivity contribution in [2.75, 3.05) is 5.43 Å². The van der Waals surface area contributed by atoms with Crippen molar-refractivity contribution in [3.63, 3.8) is 0 Å². The number of nitrogens with two attached hydrogens (primary N) is 1. The molecule has 5 heteroatoms. The minimum absolute atomic E-state index is 0.292. The van der Waals surface area contributed by atoms with Crippen molar-refractivity contribution in [3.05, 3.63) is 29.8 Å². The Bertz CT molecular complexity index is 311. The maximum atomic E-state index is 12.3. The molecule has 1 aromatic rings. The molecule has 3 N–H and O–H groups in total. The van der Waals surface area contributed by atoms with Crippen LogP contribution in [0.25, 0.3) is 0 Å². The number of anilines is 1. The lowest BCUT2D eigenvalue weighted by Crippen LogP contribution is -2.14. The van der Waals surface area contributed by atoms with Crippen molar-refractivity contribution < 1.29 is 14.5 Å². The summed E-state index contributed by atoms with van der Waals surface area (Å²) in [5.74, 6) is 4.88. The second kappa shape index (κ2) is 3.02. The Balaban J connectivity index is 3.32. The summed E-state index contributed by atoms with van der Waals surface area (Å²) in [6, 6.07) is 2.96. The molecule has 0 atom stereocenters. The normalized spacial score (nSPS) is 12.5. The molecule has 0 aliphatic heterocycles. The fraction of sp³-hybridized carbons (Fsp3) is 0.143. The maximum absolute atomic E-state index is 12.3. The summed E-state index contributed by atoms with van der Waals surface area (Å²) in [5, 5.41) is 0. The number of hydrogen-bond acceptors (Lipinski definition) is 2. The maximum Gasteiger partial charge on any atom is 0.418 e. The van der Waals surface area contributed by atoms with E-state index in [9.17, 15) is 13.2 Å². The Labute approximate surface area is 68.6 Å². The molecule has 1 rings (SSSR count). The summed E-state index contributed by atoms with van der Waals surface area (Å²) < 4.78 is 43.9. The summed E-state index contributed by atoms with van der Waals surface area (Å²) in [6.45, 7) is 0. The van der Waals surface area contributed by atoms with Crippen LogP contribution in [0.1, 0.15) is 6.93 Å². The zero-order chi connectivity index (χ0) is 10.1. The van der Waals surface area contributed by atoms with Crippen LogP contribution in [0, 0.1) is 0 Å². The summed E-state index contributed by atoms with van der Waals surface area (Å²) in [6.07, 6.45) is -4.56. The largest absolute Gasteiger partial charge is 0.418 e. The minimum Gasteiger partial charge on any atom is -0.324 e. The van der Waals surface area contributed by atoms with Crippen LogP contribution in [0.2, 0.25) is 0 Å². The van der Waals surface area contributed by atoms with E-state index in [-0.39, 0.29) is 5.69 Å². The number of nitrogens with one attached hydrogen (secondary N) is 1. The lowest BCUT2D eigenvalue weighted by atomic mass is 10.2. The second-order valence-electron chi connectivity index (χ2n) is 2.10. The lowest BCUT2D eigenvalue weighted by Gasteiger charge is -2.10. The predicted octanol–water partition coefficient (Wildman–Crippen LogP) is 1.99. The molecule has 0 bridgehead atoms. The third kappa shape index (κ3) is 1.68. The molecular formula is C7H7F3N2. The van der Waals surface area contributed by atoms with Gasteiger partial charge in [-0.15, -0.1) is 0 Å². The van der Waals surface area contributed by atoms with Gasteiger partial charge in [0, 0.05) is 0 Å². The summed E-state index contributed by atoms with van der Waals surface area (Å²) in [7, 11) is 0. The number of rotatable bonds is 1. The smallest absolute Gasteiger partial charge is 0.324 e. The van der Waals surface area contributed by atoms with E-state index in [4.69, 9.17) is 7.21 Å². The first-order chi connectivity index (χ1) is 5.96. The Morgan fingerprint density at radius 2 is 2.08 bits per heavy atom. The van der Waals surface area contributed by atoms with Crippen LogP contribution in [-0.4, -0.2) is 0 Å². The van der Waals surface area contributed by atoms with Crippen LogP contribution in [0.15, 0.2) is 24.2 Å². The molecule has 0 aromatic heterocycles. The highest BCUT2D eigenvalue weighted by molar-refractivity contribution is 5.51. The SMILES string of the molecule is [2H]c1cccc(NN)c1C(F)(F)F. The number of hydrogen-bond donors (Lipinski definition) is 2. The van der Waals surface area contributed by atoms with Gasteiger partial charge in [-0.25, -0.2) is 0 Å². The Hall–Kier alpha value is -1.23. The van der Waals surface area contributed by atoms with Gasteiger partial charge in [0.25, 0.3) is 0 Å². The Morgan fingerprint density at radius 1 is 1.42 bits per heavy atom. The highest BCUT2D eigenvalue weighted by Crippen LogP contribution is 2.33. The van der Waals surface area contributed by atoms with Crippen molar-refractivity contribution in [2.24, 2.45) is 5.84 Å². The lowest BCUT2D eigenvalue weighted by molar-refractivity contribution is -0.136. The Kier molecular flexibility index (Phi) is 1.87. The molecule has 0 amide bonds. The third-order valence-corrected chi connectivity index (χ3v) is 1.30. The molecule has 0 radical (unpaired) electrons. The van der Waals surface area contributed by atoms with Crippen LogP contribution in [0.3, 0.4) is 0 Å². The zero-order valence-corrected chi connectivity index (χ0v) is 5.94. The zero-order valence-electron chi connectivity index (χ0n) is 6.94. The predicted molar refractivity (Wildman–Crippen MR) is 39.3 cm³/mol. The molecule has 0 aliphatic rings. The van der Waals surface area contributed by atoms with E-state index in [1.807, 2.05) is 5.43 Å². The van der Waals surface area contributed by atoms with Gasteiger partial charge in [0.15, 0.2) is 0 Å². The molecule has 0 spiro atoms. The quantitative estimate of drug-likeness (QED) is 0.508. The minimum atomic E-state index is -4.56. The molecule has 1 aromatic carbocycles. The van der Waals surface area contributed by atoms with Crippen LogP contribution >= 0.6 is 0 Å². The van der Waals surface area contributed by atoms with Crippen LogP contribution in [0.5, 0.6) is 0 Å². The highest BCUT2D eigenvalue weighted by Gasteiger charge is 2.32. The number of halogens is 3. The first-order valence-corrected chi connectivity index (χ1v) is 3.10. The number of nitrogen functional groups attached to an aromatic ring is 1. The van der Waals surface area contributed by atoms with Crippen molar-refractivity contribution in [1.82, 2.24) is 0 Å². The van der Waals surface area contributed by atoms with Gasteiger partial charge in [0.1, 0.15) is 0 Å². The second-order valence-corrected chi connectivity index (χ2v) is 2.10. The van der Waals surface area contributed by atoms with E-state index in [0.717, 1.165) is 6.07 Å². The van der Waals surface area contributed by atoms with Crippen molar-refractivity contribution in [2.45, 2.75) is 6.18 Å². The van der Waals surface area contributed by atoms with E-state index < -0.39 is 17.8 Å². The molecule has 0 fully saturated rings. The summed E-state index contributed by atoms with van der Waals surface area (Å²) in [4.78, 5) is 0. The van der Waals surface area contributed by atoms with E-state index in [1.54, 1.807) is 0 Å². The highest BCUT2D eigenvalue weighted by atomic mass is 19.4. The van der Waals surface area contributed by atoms with Crippen molar-refractivity contribution >= 4 is 5.69 Å². The van der Waals surface area contributed by atoms with Gasteiger partial charge in [-0.05, 0) is 12.1 Å². The fourth-order valence-electron chi connectivity index (χ4n) is 0.792. The van der Waals surface area contributed by atoms with Gasteiger partial charge in [-0.3, -0.25) is 5.84 Å². The molecule has 12 heavy (non-hydrogen) atoms. The van der Waals surface area contributed by atoms with E-state index in [1.165, 1.54) is 12.1 Å². The van der Waals surface area contributed by atoms with Gasteiger partial charge >= 0.3 is 6.18 Å². The van der Waals surface area contributed by atoms with Gasteiger partial charge in [0.2, 0.25) is 0 Å². The molecule has 0 saturated heterocycles. The third-order valence-electron chi connectivity index (χ3n) is 1.30. The monoisotopic (exact) mass is 177 g/mol.